The average Bonchev–Trinajstić information content (AvgIpc) is 3.05. The Bertz CT molecular complexity index is 737. The Hall–Kier alpha value is -0.900. The highest BCUT2D eigenvalue weighted by Crippen LogP contribution is 2.61. The van der Waals surface area contributed by atoms with Crippen LogP contribution in [-0.2, 0) is 0 Å². The van der Waals surface area contributed by atoms with Gasteiger partial charge in [-0.1, -0.05) is 57.6 Å². The van der Waals surface area contributed by atoms with Gasteiger partial charge in [-0.05, 0) is 106 Å². The zero-order chi connectivity index (χ0) is 23.9. The zero-order valence-electron chi connectivity index (χ0n) is 21.5. The van der Waals surface area contributed by atoms with Gasteiger partial charge in [0, 0.05) is 0 Å². The summed E-state index contributed by atoms with van der Waals surface area (Å²) < 4.78 is 0. The summed E-state index contributed by atoms with van der Waals surface area (Å²) in [5.41, 5.74) is 3.22. The Morgan fingerprint density at radius 2 is 1.69 bits per heavy atom. The number of aliphatic hydroxyl groups is 3. The van der Waals surface area contributed by atoms with Crippen molar-refractivity contribution in [2.45, 2.75) is 117 Å². The van der Waals surface area contributed by atoms with Gasteiger partial charge in [0.15, 0.2) is 0 Å². The third-order valence-corrected chi connectivity index (χ3v) is 9.56. The number of aliphatic hydroxyl groups excluding tert-OH is 2. The van der Waals surface area contributed by atoms with Crippen LogP contribution in [0, 0.1) is 28.6 Å². The monoisotopic (exact) mass is 444 g/mol. The molecule has 0 aromatic carbocycles. The molecule has 3 rings (SSSR count). The molecule has 0 spiro atoms. The van der Waals surface area contributed by atoms with E-state index in [1.165, 1.54) is 32.1 Å². The molecular formula is C29H48O3. The number of hydrogen-bond donors (Lipinski definition) is 3. The summed E-state index contributed by atoms with van der Waals surface area (Å²) >= 11 is 0. The van der Waals surface area contributed by atoms with Crippen LogP contribution in [0.25, 0.3) is 0 Å². The van der Waals surface area contributed by atoms with Crippen LogP contribution in [0.15, 0.2) is 35.5 Å². The van der Waals surface area contributed by atoms with Gasteiger partial charge in [0.05, 0.1) is 17.8 Å². The number of allylic oxidation sites excluding steroid dienone is 3. The van der Waals surface area contributed by atoms with Crippen molar-refractivity contribution in [3.05, 3.63) is 35.5 Å². The second-order valence-corrected chi connectivity index (χ2v) is 12.8. The van der Waals surface area contributed by atoms with E-state index in [1.807, 2.05) is 13.8 Å². The molecule has 0 aliphatic heterocycles. The van der Waals surface area contributed by atoms with Gasteiger partial charge in [-0.25, -0.2) is 0 Å². The third-order valence-electron chi connectivity index (χ3n) is 9.56. The molecule has 0 aromatic heterocycles. The van der Waals surface area contributed by atoms with Crippen molar-refractivity contribution in [2.75, 3.05) is 0 Å². The predicted molar refractivity (Wildman–Crippen MR) is 133 cm³/mol. The lowest BCUT2D eigenvalue weighted by Crippen LogP contribution is -2.40. The van der Waals surface area contributed by atoms with Crippen molar-refractivity contribution in [1.29, 1.82) is 0 Å². The van der Waals surface area contributed by atoms with Crippen LogP contribution < -0.4 is 0 Å². The topological polar surface area (TPSA) is 60.7 Å². The van der Waals surface area contributed by atoms with Gasteiger partial charge in [-0.3, -0.25) is 0 Å². The van der Waals surface area contributed by atoms with Crippen LogP contribution in [0.5, 0.6) is 0 Å². The highest BCUT2D eigenvalue weighted by molar-refractivity contribution is 5.29. The quantitative estimate of drug-likeness (QED) is 0.419. The highest BCUT2D eigenvalue weighted by atomic mass is 16.3. The van der Waals surface area contributed by atoms with Crippen molar-refractivity contribution in [3.8, 4) is 0 Å². The van der Waals surface area contributed by atoms with Gasteiger partial charge in [-0.2, -0.15) is 0 Å². The molecule has 32 heavy (non-hydrogen) atoms. The summed E-state index contributed by atoms with van der Waals surface area (Å²) in [6.45, 7) is 17.5. The molecule has 1 unspecified atom stereocenters. The van der Waals surface area contributed by atoms with E-state index >= 15 is 0 Å². The molecule has 0 amide bonds. The van der Waals surface area contributed by atoms with Crippen molar-refractivity contribution < 1.29 is 15.3 Å². The SMILES string of the molecule is C=C1[C@H](O)CC(=C/C=C2\CCC[C@@]3(C)C2CC[C@@H]3[C@H](C)C(C)(C)CCC(C)(C)O)C[C@H]1O. The molecule has 6 atom stereocenters. The molecule has 3 aliphatic rings. The molecule has 0 bridgehead atoms. The molecule has 0 aromatic rings. The molecule has 3 nitrogen and oxygen atoms in total. The second-order valence-electron chi connectivity index (χ2n) is 12.8. The van der Waals surface area contributed by atoms with Crippen LogP contribution in [0.1, 0.15) is 99.3 Å². The van der Waals surface area contributed by atoms with E-state index < -0.39 is 17.8 Å². The van der Waals surface area contributed by atoms with Gasteiger partial charge in [-0.15, -0.1) is 0 Å². The Morgan fingerprint density at radius 3 is 2.28 bits per heavy atom. The summed E-state index contributed by atoms with van der Waals surface area (Å²) in [7, 11) is 0. The normalized spacial score (nSPS) is 36.3. The van der Waals surface area contributed by atoms with Gasteiger partial charge >= 0.3 is 0 Å². The summed E-state index contributed by atoms with van der Waals surface area (Å²) in [4.78, 5) is 0. The number of fused-ring (bicyclic) bond motifs is 1. The van der Waals surface area contributed by atoms with Crippen LogP contribution in [0.3, 0.4) is 0 Å². The lowest BCUT2D eigenvalue weighted by molar-refractivity contribution is 0.0127. The summed E-state index contributed by atoms with van der Waals surface area (Å²) in [5.74, 6) is 1.97. The Balaban J connectivity index is 1.75. The molecule has 3 aliphatic carbocycles. The molecule has 3 N–H and O–H groups in total. The van der Waals surface area contributed by atoms with Crippen LogP contribution in [-0.4, -0.2) is 33.1 Å². The first-order chi connectivity index (χ1) is 14.7. The van der Waals surface area contributed by atoms with Crippen molar-refractivity contribution >= 4 is 0 Å². The second kappa shape index (κ2) is 9.39. The van der Waals surface area contributed by atoms with Crippen molar-refractivity contribution in [3.63, 3.8) is 0 Å². The van der Waals surface area contributed by atoms with E-state index in [1.54, 1.807) is 5.57 Å². The average molecular weight is 445 g/mol. The summed E-state index contributed by atoms with van der Waals surface area (Å²) in [5, 5.41) is 30.6. The van der Waals surface area contributed by atoms with Gasteiger partial charge < -0.3 is 15.3 Å². The molecule has 0 heterocycles. The van der Waals surface area contributed by atoms with Gasteiger partial charge in [0.1, 0.15) is 0 Å². The summed E-state index contributed by atoms with van der Waals surface area (Å²) in [6.07, 6.45) is 12.6. The first-order valence-electron chi connectivity index (χ1n) is 12.9. The molecule has 182 valence electrons. The fraction of sp³-hybridized carbons (Fsp3) is 0.793. The van der Waals surface area contributed by atoms with Crippen LogP contribution in [0.4, 0.5) is 0 Å². The molecule has 0 saturated heterocycles. The Labute approximate surface area is 196 Å². The van der Waals surface area contributed by atoms with Crippen LogP contribution in [0.2, 0.25) is 0 Å². The van der Waals surface area contributed by atoms with Crippen molar-refractivity contribution in [2.24, 2.45) is 28.6 Å². The minimum Gasteiger partial charge on any atom is -0.390 e. The Kier molecular flexibility index (Phi) is 7.55. The Morgan fingerprint density at radius 1 is 1.06 bits per heavy atom. The molecule has 0 radical (unpaired) electrons. The van der Waals surface area contributed by atoms with E-state index in [4.69, 9.17) is 0 Å². The molecular weight excluding hydrogens is 396 g/mol. The zero-order valence-corrected chi connectivity index (χ0v) is 21.5. The largest absolute Gasteiger partial charge is 0.390 e. The van der Waals surface area contributed by atoms with E-state index in [0.29, 0.717) is 41.6 Å². The fourth-order valence-corrected chi connectivity index (χ4v) is 6.93. The van der Waals surface area contributed by atoms with E-state index in [9.17, 15) is 15.3 Å². The lowest BCUT2D eigenvalue weighted by atomic mass is 9.57. The molecule has 3 saturated carbocycles. The maximum Gasteiger partial charge on any atom is 0.0809 e. The summed E-state index contributed by atoms with van der Waals surface area (Å²) in [6, 6.07) is 0. The highest BCUT2D eigenvalue weighted by Gasteiger charge is 2.52. The van der Waals surface area contributed by atoms with Gasteiger partial charge in [0.25, 0.3) is 0 Å². The molecule has 3 heteroatoms. The maximum absolute atomic E-state index is 10.3. The third kappa shape index (κ3) is 5.42. The first kappa shape index (κ1) is 25.7. The van der Waals surface area contributed by atoms with Crippen molar-refractivity contribution in [1.82, 2.24) is 0 Å². The maximum atomic E-state index is 10.3. The molecule has 3 fully saturated rings. The van der Waals surface area contributed by atoms with E-state index in [2.05, 4.69) is 46.4 Å². The number of hydrogen-bond acceptors (Lipinski definition) is 3. The van der Waals surface area contributed by atoms with Gasteiger partial charge in [0.2, 0.25) is 0 Å². The van der Waals surface area contributed by atoms with E-state index in [0.717, 1.165) is 18.4 Å². The predicted octanol–water partition coefficient (Wildman–Crippen LogP) is 6.34. The smallest absolute Gasteiger partial charge is 0.0809 e. The minimum absolute atomic E-state index is 0.211. The van der Waals surface area contributed by atoms with E-state index in [-0.39, 0.29) is 5.41 Å². The fourth-order valence-electron chi connectivity index (χ4n) is 6.93. The minimum atomic E-state index is -0.622. The van der Waals surface area contributed by atoms with Crippen LogP contribution >= 0.6 is 0 Å². The lowest BCUT2D eigenvalue weighted by Gasteiger charge is -2.48. The first-order valence-corrected chi connectivity index (χ1v) is 12.9. The number of rotatable bonds is 6. The standard InChI is InChI=1S/C29H48O3/c1-19-25(30)17-21(18-26(19)31)10-11-22-9-8-14-29(7)23(12-13-24(22)29)20(2)27(3,4)15-16-28(5,6)32/h10-11,20,23-26,30-32H,1,8-9,12-18H2,2-7H3/b22-11+/t20-,23+,24?,25+,26+,29+/m0/s1.